The van der Waals surface area contributed by atoms with Crippen molar-refractivity contribution in [2.45, 2.75) is 71.7 Å². The highest BCUT2D eigenvalue weighted by atomic mass is 32.1. The minimum Gasteiger partial charge on any atom is -0.488 e. The lowest BCUT2D eigenvalue weighted by atomic mass is 9.77. The number of alkyl halides is 3. The zero-order valence-corrected chi connectivity index (χ0v) is 26.2. The Bertz CT molecular complexity index is 1650. The number of rotatable bonds is 6. The Morgan fingerprint density at radius 1 is 0.977 bits per heavy atom. The van der Waals surface area contributed by atoms with Crippen molar-refractivity contribution in [3.63, 3.8) is 0 Å². The fraction of sp³-hybridized carbons (Fsp3) is 0.353. The molecule has 1 aromatic heterocycles. The predicted molar refractivity (Wildman–Crippen MR) is 164 cm³/mol. The molecule has 232 valence electrons. The summed E-state index contributed by atoms with van der Waals surface area (Å²) < 4.78 is 54.7. The summed E-state index contributed by atoms with van der Waals surface area (Å²) in [6.07, 6.45) is -4.91. The predicted octanol–water partition coefficient (Wildman–Crippen LogP) is 9.45. The fourth-order valence-electron chi connectivity index (χ4n) is 6.05. The van der Waals surface area contributed by atoms with Gasteiger partial charge in [0.05, 0.1) is 16.5 Å². The van der Waals surface area contributed by atoms with Crippen LogP contribution in [0.25, 0.3) is 21.6 Å². The lowest BCUT2D eigenvalue weighted by Gasteiger charge is -2.40. The van der Waals surface area contributed by atoms with Gasteiger partial charge in [-0.05, 0) is 66.6 Å². The van der Waals surface area contributed by atoms with Gasteiger partial charge in [-0.2, -0.15) is 13.2 Å². The molecule has 1 fully saturated rings. The molecule has 1 aliphatic rings. The molecule has 5 rings (SSSR count). The van der Waals surface area contributed by atoms with Crippen molar-refractivity contribution >= 4 is 17.4 Å². The highest BCUT2D eigenvalue weighted by Crippen LogP contribution is 2.53. The standard InChI is InChI=1S/C34H35F3N2O4S/c1-31(2,3)28-33(6,39(30(40)41)32(4,5)43-28)29-38-19-27(44-29)24-16-17-26(25(18-24)34(35,36)37)42-20-21-12-14-23(15-13-21)22-10-8-7-9-11-22/h7-19,28H,20H2,1-6H3,(H,40,41). The van der Waals surface area contributed by atoms with Crippen molar-refractivity contribution in [1.29, 1.82) is 0 Å². The minimum atomic E-state index is -4.66. The average molecular weight is 625 g/mol. The van der Waals surface area contributed by atoms with E-state index in [9.17, 15) is 23.1 Å². The molecule has 10 heteroatoms. The smallest absolute Gasteiger partial charge is 0.419 e. The molecular formula is C34H35F3N2O4S. The molecule has 0 saturated carbocycles. The second kappa shape index (κ2) is 11.2. The van der Waals surface area contributed by atoms with Crippen molar-refractivity contribution in [1.82, 2.24) is 9.88 Å². The molecule has 44 heavy (non-hydrogen) atoms. The van der Waals surface area contributed by atoms with Crippen LogP contribution in [0.2, 0.25) is 0 Å². The van der Waals surface area contributed by atoms with Gasteiger partial charge < -0.3 is 14.6 Å². The van der Waals surface area contributed by atoms with Gasteiger partial charge in [0.25, 0.3) is 0 Å². The molecule has 0 spiro atoms. The van der Waals surface area contributed by atoms with Gasteiger partial charge in [-0.3, -0.25) is 4.90 Å². The molecule has 2 atom stereocenters. The van der Waals surface area contributed by atoms with Gasteiger partial charge in [-0.1, -0.05) is 75.4 Å². The summed E-state index contributed by atoms with van der Waals surface area (Å²) in [5, 5.41) is 10.6. The Morgan fingerprint density at radius 3 is 2.18 bits per heavy atom. The monoisotopic (exact) mass is 624 g/mol. The number of thiazole rings is 1. The average Bonchev–Trinajstić information content (AvgIpc) is 3.53. The van der Waals surface area contributed by atoms with Gasteiger partial charge in [0.1, 0.15) is 28.6 Å². The minimum absolute atomic E-state index is 0.0322. The zero-order valence-electron chi connectivity index (χ0n) is 25.4. The molecule has 1 aliphatic heterocycles. The van der Waals surface area contributed by atoms with Crippen LogP contribution in [0.15, 0.2) is 79.0 Å². The maximum atomic E-state index is 14.2. The first-order valence-electron chi connectivity index (χ1n) is 14.2. The van der Waals surface area contributed by atoms with E-state index < -0.39 is 40.6 Å². The zero-order chi connectivity index (χ0) is 32.1. The van der Waals surface area contributed by atoms with Crippen LogP contribution in [0.5, 0.6) is 5.75 Å². The third kappa shape index (κ3) is 5.93. The van der Waals surface area contributed by atoms with Gasteiger partial charge in [0.15, 0.2) is 0 Å². The SMILES string of the molecule is CC(C)(C)C1OC(C)(C)N(C(=O)O)C1(C)c1ncc(-c2ccc(OCc3ccc(-c4ccccc4)cc3)c(C(F)(F)F)c2)s1. The lowest BCUT2D eigenvalue weighted by Crippen LogP contribution is -2.55. The van der Waals surface area contributed by atoms with Gasteiger partial charge in [0, 0.05) is 6.20 Å². The number of nitrogens with zero attached hydrogens (tertiary/aromatic N) is 2. The molecule has 3 aromatic carbocycles. The van der Waals surface area contributed by atoms with Crippen LogP contribution in [0, 0.1) is 5.41 Å². The van der Waals surface area contributed by atoms with Crippen LogP contribution in [-0.4, -0.2) is 32.9 Å². The first-order valence-corrected chi connectivity index (χ1v) is 15.0. The normalized spacial score (nSPS) is 20.1. The Morgan fingerprint density at radius 2 is 1.59 bits per heavy atom. The quantitative estimate of drug-likeness (QED) is 0.231. The molecule has 2 unspecified atom stereocenters. The van der Waals surface area contributed by atoms with E-state index in [2.05, 4.69) is 4.98 Å². The molecule has 1 saturated heterocycles. The summed E-state index contributed by atoms with van der Waals surface area (Å²) in [5.41, 5.74) is -0.604. The Hall–Kier alpha value is -3.89. The van der Waals surface area contributed by atoms with Crippen LogP contribution in [0.3, 0.4) is 0 Å². The van der Waals surface area contributed by atoms with Crippen molar-refractivity contribution in [2.24, 2.45) is 5.41 Å². The van der Waals surface area contributed by atoms with Gasteiger partial charge in [0.2, 0.25) is 0 Å². The molecule has 0 aliphatic carbocycles. The molecule has 4 aromatic rings. The number of aromatic nitrogens is 1. The van der Waals surface area contributed by atoms with Gasteiger partial charge >= 0.3 is 12.3 Å². The topological polar surface area (TPSA) is 71.9 Å². The van der Waals surface area contributed by atoms with Crippen molar-refractivity contribution in [3.8, 4) is 27.3 Å². The van der Waals surface area contributed by atoms with Crippen molar-refractivity contribution < 1.29 is 32.5 Å². The second-order valence-electron chi connectivity index (χ2n) is 12.7. The third-order valence-corrected chi connectivity index (χ3v) is 9.13. The maximum Gasteiger partial charge on any atom is 0.419 e. The van der Waals surface area contributed by atoms with Crippen LogP contribution in [0.1, 0.15) is 57.7 Å². The molecule has 0 radical (unpaired) electrons. The maximum absolute atomic E-state index is 14.2. The number of carboxylic acid groups (broad SMARTS) is 1. The highest BCUT2D eigenvalue weighted by molar-refractivity contribution is 7.15. The lowest BCUT2D eigenvalue weighted by molar-refractivity contribution is -0.139. The highest BCUT2D eigenvalue weighted by Gasteiger charge is 2.63. The van der Waals surface area contributed by atoms with E-state index >= 15 is 0 Å². The Labute approximate surface area is 259 Å². The number of amides is 1. The number of hydrogen-bond donors (Lipinski definition) is 1. The van der Waals surface area contributed by atoms with E-state index in [4.69, 9.17) is 9.47 Å². The Balaban J connectivity index is 1.43. The number of halogens is 3. The molecule has 2 heterocycles. The van der Waals surface area contributed by atoms with Crippen LogP contribution >= 0.6 is 11.3 Å². The first-order chi connectivity index (χ1) is 20.5. The van der Waals surface area contributed by atoms with Crippen LogP contribution in [-0.2, 0) is 23.1 Å². The summed E-state index contributed by atoms with van der Waals surface area (Å²) in [7, 11) is 0. The van der Waals surface area contributed by atoms with E-state index in [1.54, 1.807) is 26.8 Å². The fourth-order valence-corrected chi connectivity index (χ4v) is 7.12. The largest absolute Gasteiger partial charge is 0.488 e. The molecule has 1 N–H and O–H groups in total. The summed E-state index contributed by atoms with van der Waals surface area (Å²) in [5.74, 6) is -0.277. The molecule has 1 amide bonds. The summed E-state index contributed by atoms with van der Waals surface area (Å²) in [6, 6.07) is 21.2. The van der Waals surface area contributed by atoms with Gasteiger partial charge in [-0.25, -0.2) is 9.78 Å². The summed E-state index contributed by atoms with van der Waals surface area (Å²) in [4.78, 5) is 18.7. The van der Waals surface area contributed by atoms with E-state index in [1.165, 1.54) is 17.2 Å². The van der Waals surface area contributed by atoms with E-state index in [0.29, 0.717) is 15.4 Å². The van der Waals surface area contributed by atoms with Crippen LogP contribution < -0.4 is 4.74 Å². The summed E-state index contributed by atoms with van der Waals surface area (Å²) >= 11 is 1.15. The third-order valence-electron chi connectivity index (χ3n) is 7.86. The van der Waals surface area contributed by atoms with Crippen LogP contribution in [0.4, 0.5) is 18.0 Å². The summed E-state index contributed by atoms with van der Waals surface area (Å²) in [6.45, 7) is 11.0. The number of hydrogen-bond acceptors (Lipinski definition) is 5. The Kier molecular flexibility index (Phi) is 8.05. The second-order valence-corrected chi connectivity index (χ2v) is 13.7. The number of ether oxygens (including phenoxy) is 2. The van der Waals surface area contributed by atoms with E-state index in [0.717, 1.165) is 34.1 Å². The van der Waals surface area contributed by atoms with Crippen molar-refractivity contribution in [2.75, 3.05) is 0 Å². The number of carbonyl (C=O) groups is 1. The van der Waals surface area contributed by atoms with Gasteiger partial charge in [-0.15, -0.1) is 11.3 Å². The molecular weight excluding hydrogens is 589 g/mol. The first kappa shape index (κ1) is 31.5. The number of benzene rings is 3. The molecule has 6 nitrogen and oxygen atoms in total. The molecule has 0 bridgehead atoms. The van der Waals surface area contributed by atoms with E-state index in [-0.39, 0.29) is 12.4 Å². The van der Waals surface area contributed by atoms with Crippen molar-refractivity contribution in [3.05, 3.63) is 95.1 Å². The van der Waals surface area contributed by atoms with E-state index in [1.807, 2.05) is 75.4 Å².